The minimum absolute atomic E-state index is 0.162. The van der Waals surface area contributed by atoms with Crippen molar-refractivity contribution in [2.24, 2.45) is 0 Å². The first-order chi connectivity index (χ1) is 10.2. The lowest BCUT2D eigenvalue weighted by molar-refractivity contribution is -0.303. The number of nitrogens with one attached hydrogen (secondary N) is 1. The van der Waals surface area contributed by atoms with Gasteiger partial charge >= 0.3 is 12.2 Å². The molecule has 0 aliphatic carbocycles. The Morgan fingerprint density at radius 1 is 1.36 bits per heavy atom. The number of pyridine rings is 1. The fourth-order valence-electron chi connectivity index (χ4n) is 2.12. The van der Waals surface area contributed by atoms with Crippen molar-refractivity contribution >= 4 is 11.8 Å². The summed E-state index contributed by atoms with van der Waals surface area (Å²) >= 11 is 0. The van der Waals surface area contributed by atoms with Crippen molar-refractivity contribution in [3.63, 3.8) is 0 Å². The molecule has 0 spiro atoms. The summed E-state index contributed by atoms with van der Waals surface area (Å²) in [6, 6.07) is 2.62. The molecular formula is C13H16F3N3O3. The van der Waals surface area contributed by atoms with Crippen LogP contribution < -0.4 is 10.1 Å². The summed E-state index contributed by atoms with van der Waals surface area (Å²) in [5.41, 5.74) is -1.66. The number of amides is 2. The van der Waals surface area contributed by atoms with Gasteiger partial charge in [-0.2, -0.15) is 13.2 Å². The number of hydrogen-bond acceptors (Lipinski definition) is 4. The zero-order valence-electron chi connectivity index (χ0n) is 12.3. The number of methoxy groups -OCH3 is 2. The van der Waals surface area contributed by atoms with Crippen LogP contribution >= 0.6 is 0 Å². The molecule has 2 heterocycles. The third kappa shape index (κ3) is 2.80. The first-order valence-corrected chi connectivity index (χ1v) is 6.42. The van der Waals surface area contributed by atoms with Gasteiger partial charge in [-0.15, -0.1) is 0 Å². The van der Waals surface area contributed by atoms with Gasteiger partial charge in [-0.1, -0.05) is 0 Å². The van der Waals surface area contributed by atoms with E-state index in [4.69, 9.17) is 4.74 Å². The maximum atomic E-state index is 12.9. The number of nitrogens with zero attached hydrogens (tertiary/aromatic N) is 2. The molecule has 22 heavy (non-hydrogen) atoms. The van der Waals surface area contributed by atoms with Gasteiger partial charge in [0.15, 0.2) is 17.2 Å². The minimum Gasteiger partial charge on any atom is -0.493 e. The summed E-state index contributed by atoms with van der Waals surface area (Å²) in [6.07, 6.45) is -4.53. The summed E-state index contributed by atoms with van der Waals surface area (Å²) in [6.45, 7) is 0.595. The molecule has 6 nitrogen and oxygen atoms in total. The van der Waals surface area contributed by atoms with Crippen molar-refractivity contribution in [1.82, 2.24) is 9.88 Å². The number of hydrogen-bond donors (Lipinski definition) is 1. The highest BCUT2D eigenvalue weighted by Crippen LogP contribution is 2.40. The molecular weight excluding hydrogens is 303 g/mol. The molecule has 0 radical (unpaired) electrons. The second kappa shape index (κ2) is 5.64. The molecule has 2 rings (SSSR count). The third-order valence-electron chi connectivity index (χ3n) is 3.53. The van der Waals surface area contributed by atoms with E-state index in [1.165, 1.54) is 7.11 Å². The topological polar surface area (TPSA) is 63.7 Å². The van der Waals surface area contributed by atoms with Crippen LogP contribution in [0.1, 0.15) is 5.69 Å². The Hall–Kier alpha value is -2.03. The molecule has 122 valence electrons. The maximum Gasteiger partial charge on any atom is 0.420 e. The predicted octanol–water partition coefficient (Wildman–Crippen LogP) is 2.19. The zero-order chi connectivity index (χ0) is 16.5. The first-order valence-electron chi connectivity index (χ1n) is 6.42. The molecule has 1 N–H and O–H groups in total. The largest absolute Gasteiger partial charge is 0.493 e. The van der Waals surface area contributed by atoms with Gasteiger partial charge in [0, 0.05) is 12.8 Å². The lowest BCUT2D eigenvalue weighted by Gasteiger charge is -2.48. The maximum absolute atomic E-state index is 12.9. The Labute approximate surface area is 125 Å². The number of halogens is 3. The van der Waals surface area contributed by atoms with E-state index >= 15 is 0 Å². The molecule has 1 aliphatic rings. The molecule has 1 aromatic rings. The van der Waals surface area contributed by atoms with Gasteiger partial charge in [0.05, 0.1) is 20.2 Å². The van der Waals surface area contributed by atoms with Gasteiger partial charge in [-0.05, 0) is 19.1 Å². The molecule has 9 heteroatoms. The number of carbonyl (C=O) groups excluding carboxylic acids is 1. The molecule has 1 aromatic heterocycles. The van der Waals surface area contributed by atoms with Crippen LogP contribution in [0.25, 0.3) is 0 Å². The van der Waals surface area contributed by atoms with Crippen LogP contribution in [0, 0.1) is 6.92 Å². The number of ether oxygens (including phenoxy) is 2. The van der Waals surface area contributed by atoms with Gasteiger partial charge in [0.1, 0.15) is 0 Å². The second-order valence-corrected chi connectivity index (χ2v) is 4.99. The lowest BCUT2D eigenvalue weighted by Crippen LogP contribution is -2.71. The quantitative estimate of drug-likeness (QED) is 0.927. The predicted molar refractivity (Wildman–Crippen MR) is 71.9 cm³/mol. The summed E-state index contributed by atoms with van der Waals surface area (Å²) in [5, 5.41) is 2.45. The number of anilines is 1. The van der Waals surface area contributed by atoms with Crippen LogP contribution in [0.2, 0.25) is 0 Å². The molecule has 1 saturated heterocycles. The molecule has 2 amide bonds. The highest BCUT2D eigenvalue weighted by Gasteiger charge is 2.63. The van der Waals surface area contributed by atoms with Gasteiger partial charge in [0.25, 0.3) is 0 Å². The second-order valence-electron chi connectivity index (χ2n) is 4.99. The van der Waals surface area contributed by atoms with Gasteiger partial charge in [0.2, 0.25) is 0 Å². The number of urea groups is 1. The Bertz CT molecular complexity index is 571. The van der Waals surface area contributed by atoms with E-state index in [-0.39, 0.29) is 5.82 Å². The van der Waals surface area contributed by atoms with E-state index in [0.29, 0.717) is 11.4 Å². The highest BCUT2D eigenvalue weighted by atomic mass is 19.4. The average Bonchev–Trinajstić information content (AvgIpc) is 2.36. The minimum atomic E-state index is -4.53. The Balaban J connectivity index is 2.05. The fraction of sp³-hybridized carbons (Fsp3) is 0.538. The first kappa shape index (κ1) is 16.3. The van der Waals surface area contributed by atoms with Gasteiger partial charge in [-0.25, -0.2) is 9.78 Å². The molecule has 1 aliphatic heterocycles. The van der Waals surface area contributed by atoms with E-state index in [1.54, 1.807) is 19.1 Å². The van der Waals surface area contributed by atoms with Crippen LogP contribution in [0.3, 0.4) is 0 Å². The molecule has 0 bridgehead atoms. The highest BCUT2D eigenvalue weighted by molar-refractivity contribution is 5.90. The summed E-state index contributed by atoms with van der Waals surface area (Å²) < 4.78 is 48.2. The lowest BCUT2D eigenvalue weighted by atomic mass is 9.93. The zero-order valence-corrected chi connectivity index (χ0v) is 12.3. The third-order valence-corrected chi connectivity index (χ3v) is 3.53. The SMILES string of the molecule is COc1ccc(C)nc1NC(=O)N1CC(OC)(C(F)(F)F)C1. The summed E-state index contributed by atoms with van der Waals surface area (Å²) in [7, 11) is 2.39. The smallest absolute Gasteiger partial charge is 0.420 e. The van der Waals surface area contributed by atoms with Crippen LogP contribution in [-0.2, 0) is 4.74 Å². The van der Waals surface area contributed by atoms with E-state index < -0.39 is 30.9 Å². The fourth-order valence-corrected chi connectivity index (χ4v) is 2.12. The molecule has 1 fully saturated rings. The Morgan fingerprint density at radius 2 is 2.00 bits per heavy atom. The van der Waals surface area contributed by atoms with Crippen LogP contribution in [0.5, 0.6) is 5.75 Å². The molecule has 0 atom stereocenters. The van der Waals surface area contributed by atoms with Gasteiger partial charge in [-0.3, -0.25) is 5.32 Å². The number of rotatable bonds is 3. The number of aromatic nitrogens is 1. The Morgan fingerprint density at radius 3 is 2.50 bits per heavy atom. The molecule has 0 saturated carbocycles. The van der Waals surface area contributed by atoms with Crippen molar-refractivity contribution in [2.75, 3.05) is 32.6 Å². The van der Waals surface area contributed by atoms with Crippen LogP contribution in [0.15, 0.2) is 12.1 Å². The number of alkyl halides is 3. The van der Waals surface area contributed by atoms with E-state index in [1.807, 2.05) is 0 Å². The summed E-state index contributed by atoms with van der Waals surface area (Å²) in [5.74, 6) is 0.489. The van der Waals surface area contributed by atoms with Crippen molar-refractivity contribution < 1.29 is 27.4 Å². The monoisotopic (exact) mass is 319 g/mol. The van der Waals surface area contributed by atoms with Crippen molar-refractivity contribution in [1.29, 1.82) is 0 Å². The number of aryl methyl sites for hydroxylation is 1. The van der Waals surface area contributed by atoms with E-state index in [9.17, 15) is 18.0 Å². The van der Waals surface area contributed by atoms with Gasteiger partial charge < -0.3 is 14.4 Å². The number of likely N-dealkylation sites (tertiary alicyclic amines) is 1. The van der Waals surface area contributed by atoms with Crippen molar-refractivity contribution in [3.8, 4) is 5.75 Å². The molecule has 0 aromatic carbocycles. The Kier molecular flexibility index (Phi) is 4.19. The van der Waals surface area contributed by atoms with Crippen LogP contribution in [0.4, 0.5) is 23.8 Å². The van der Waals surface area contributed by atoms with Crippen LogP contribution in [-0.4, -0.2) is 55.0 Å². The van der Waals surface area contributed by atoms with Crippen molar-refractivity contribution in [2.45, 2.75) is 18.7 Å². The van der Waals surface area contributed by atoms with E-state index in [2.05, 4.69) is 15.0 Å². The normalized spacial score (nSPS) is 16.9. The average molecular weight is 319 g/mol. The standard InChI is InChI=1S/C13H16F3N3O3/c1-8-4-5-9(21-2)10(17-8)18-11(20)19-6-12(7-19,22-3)13(14,15)16/h4-5H,6-7H2,1-3H3,(H,17,18,20). The van der Waals surface area contributed by atoms with Crippen molar-refractivity contribution in [3.05, 3.63) is 17.8 Å². The number of carbonyl (C=O) groups is 1. The molecule has 0 unspecified atom stereocenters. The van der Waals surface area contributed by atoms with E-state index in [0.717, 1.165) is 12.0 Å². The summed E-state index contributed by atoms with van der Waals surface area (Å²) in [4.78, 5) is 17.1.